The van der Waals surface area contributed by atoms with E-state index in [-0.39, 0.29) is 5.56 Å². The number of aromatic carboxylic acids is 1. The number of pyridine rings is 1. The van der Waals surface area contributed by atoms with E-state index in [1.807, 2.05) is 6.07 Å². The number of carbonyl (C=O) groups is 1. The summed E-state index contributed by atoms with van der Waals surface area (Å²) in [5, 5.41) is 10.1. The second-order valence-electron chi connectivity index (χ2n) is 4.08. The highest BCUT2D eigenvalue weighted by Crippen LogP contribution is 2.26. The molecule has 0 fully saturated rings. The van der Waals surface area contributed by atoms with Crippen molar-refractivity contribution in [3.63, 3.8) is 0 Å². The summed E-state index contributed by atoms with van der Waals surface area (Å²) < 4.78 is 0. The molecule has 2 rings (SSSR count). The summed E-state index contributed by atoms with van der Waals surface area (Å²) in [5.74, 6) is 0.0228. The molecule has 0 bridgehead atoms. The second kappa shape index (κ2) is 6.19. The minimum Gasteiger partial charge on any atom is -0.478 e. The van der Waals surface area contributed by atoms with E-state index < -0.39 is 5.97 Å². The number of carboxylic acids is 1. The van der Waals surface area contributed by atoms with Gasteiger partial charge in [0.05, 0.1) is 11.4 Å². The first-order chi connectivity index (χ1) is 9.47. The van der Waals surface area contributed by atoms with Crippen molar-refractivity contribution < 1.29 is 9.90 Å². The van der Waals surface area contributed by atoms with Crippen LogP contribution in [0.3, 0.4) is 0 Å². The first-order valence-corrected chi connectivity index (χ1v) is 7.16. The highest BCUT2D eigenvalue weighted by Gasteiger charge is 2.17. The van der Waals surface area contributed by atoms with Crippen LogP contribution in [0.1, 0.15) is 27.6 Å². The van der Waals surface area contributed by atoms with Crippen LogP contribution in [0.2, 0.25) is 5.15 Å². The molecule has 0 aromatic carbocycles. The van der Waals surface area contributed by atoms with Gasteiger partial charge in [-0.2, -0.15) is 0 Å². The fraction of sp³-hybridized carbons (Fsp3) is 0.231. The molecule has 104 valence electrons. The van der Waals surface area contributed by atoms with E-state index in [2.05, 4.69) is 15.0 Å². The van der Waals surface area contributed by atoms with Gasteiger partial charge in [0.25, 0.3) is 0 Å². The van der Waals surface area contributed by atoms with Crippen molar-refractivity contribution >= 4 is 29.3 Å². The van der Waals surface area contributed by atoms with Crippen LogP contribution in [0.5, 0.6) is 0 Å². The summed E-state index contributed by atoms with van der Waals surface area (Å²) in [6.07, 6.45) is 0. The van der Waals surface area contributed by atoms with Gasteiger partial charge in [-0.1, -0.05) is 29.4 Å². The summed E-state index contributed by atoms with van der Waals surface area (Å²) in [7, 11) is 0. The second-order valence-corrected chi connectivity index (χ2v) is 5.43. The molecule has 0 amide bonds. The lowest BCUT2D eigenvalue weighted by molar-refractivity contribution is 0.0690. The van der Waals surface area contributed by atoms with Crippen LogP contribution in [-0.2, 0) is 5.75 Å². The molecule has 2 aromatic heterocycles. The van der Waals surface area contributed by atoms with Crippen molar-refractivity contribution in [3.05, 3.63) is 46.1 Å². The average molecular weight is 310 g/mol. The molecular weight excluding hydrogens is 298 g/mol. The number of rotatable bonds is 4. The Hall–Kier alpha value is -1.66. The number of aromatic nitrogens is 3. The zero-order chi connectivity index (χ0) is 14.7. The lowest BCUT2D eigenvalue weighted by atomic mass is 10.2. The summed E-state index contributed by atoms with van der Waals surface area (Å²) in [5.41, 5.74) is 1.38. The Morgan fingerprint density at radius 1 is 1.30 bits per heavy atom. The quantitative estimate of drug-likeness (QED) is 0.531. The van der Waals surface area contributed by atoms with E-state index in [9.17, 15) is 9.90 Å². The molecule has 0 atom stereocenters. The largest absolute Gasteiger partial charge is 0.478 e. The standard InChI is InChI=1S/C13H12ClN3O2S/c1-7-11(13(18)19)12(16-8(2)15-7)20-6-9-4-3-5-10(14)17-9/h3-5H,6H2,1-2H3,(H,18,19). The minimum absolute atomic E-state index is 0.141. The zero-order valence-electron chi connectivity index (χ0n) is 10.9. The van der Waals surface area contributed by atoms with Crippen LogP contribution in [-0.4, -0.2) is 26.0 Å². The fourth-order valence-electron chi connectivity index (χ4n) is 1.70. The van der Waals surface area contributed by atoms with Gasteiger partial charge in [-0.25, -0.2) is 19.7 Å². The highest BCUT2D eigenvalue weighted by atomic mass is 35.5. The Balaban J connectivity index is 2.27. The summed E-state index contributed by atoms with van der Waals surface area (Å²) in [6, 6.07) is 5.33. The third-order valence-corrected chi connectivity index (χ3v) is 3.73. The Bertz CT molecular complexity index is 664. The number of hydrogen-bond donors (Lipinski definition) is 1. The summed E-state index contributed by atoms with van der Waals surface area (Å²) in [4.78, 5) is 23.7. The van der Waals surface area contributed by atoms with Gasteiger partial charge in [-0.3, -0.25) is 0 Å². The van der Waals surface area contributed by atoms with E-state index in [1.165, 1.54) is 11.8 Å². The lowest BCUT2D eigenvalue weighted by Crippen LogP contribution is -2.08. The van der Waals surface area contributed by atoms with Crippen molar-refractivity contribution in [2.24, 2.45) is 0 Å². The molecule has 0 saturated heterocycles. The Morgan fingerprint density at radius 3 is 2.70 bits per heavy atom. The molecule has 7 heteroatoms. The van der Waals surface area contributed by atoms with Crippen LogP contribution in [0.15, 0.2) is 23.2 Å². The topological polar surface area (TPSA) is 76.0 Å². The van der Waals surface area contributed by atoms with Crippen molar-refractivity contribution in [1.29, 1.82) is 0 Å². The third-order valence-electron chi connectivity index (χ3n) is 2.51. The van der Waals surface area contributed by atoms with Crippen LogP contribution in [0, 0.1) is 13.8 Å². The molecule has 0 aliphatic rings. The predicted molar refractivity (Wildman–Crippen MR) is 77.3 cm³/mol. The van der Waals surface area contributed by atoms with Gasteiger partial charge in [0, 0.05) is 5.75 Å². The molecule has 1 N–H and O–H groups in total. The van der Waals surface area contributed by atoms with Gasteiger partial charge in [0.1, 0.15) is 21.6 Å². The zero-order valence-corrected chi connectivity index (χ0v) is 12.5. The summed E-state index contributed by atoms with van der Waals surface area (Å²) >= 11 is 7.13. The van der Waals surface area contributed by atoms with Gasteiger partial charge in [0.2, 0.25) is 0 Å². The van der Waals surface area contributed by atoms with E-state index in [0.717, 1.165) is 5.69 Å². The third kappa shape index (κ3) is 3.46. The number of aryl methyl sites for hydroxylation is 2. The SMILES string of the molecule is Cc1nc(C)c(C(=O)O)c(SCc2cccc(Cl)n2)n1. The smallest absolute Gasteiger partial charge is 0.340 e. The van der Waals surface area contributed by atoms with Gasteiger partial charge < -0.3 is 5.11 Å². The minimum atomic E-state index is -1.02. The maximum atomic E-state index is 11.3. The maximum absolute atomic E-state index is 11.3. The molecular formula is C13H12ClN3O2S. The molecule has 5 nitrogen and oxygen atoms in total. The molecule has 0 saturated carbocycles. The van der Waals surface area contributed by atoms with Gasteiger partial charge >= 0.3 is 5.97 Å². The molecule has 20 heavy (non-hydrogen) atoms. The number of halogens is 1. The highest BCUT2D eigenvalue weighted by molar-refractivity contribution is 7.98. The number of thioether (sulfide) groups is 1. The molecule has 0 aliphatic heterocycles. The van der Waals surface area contributed by atoms with E-state index in [1.54, 1.807) is 26.0 Å². The maximum Gasteiger partial charge on any atom is 0.340 e. The van der Waals surface area contributed by atoms with Gasteiger partial charge in [-0.05, 0) is 26.0 Å². The van der Waals surface area contributed by atoms with Crippen LogP contribution < -0.4 is 0 Å². The van der Waals surface area contributed by atoms with E-state index in [0.29, 0.717) is 27.5 Å². The van der Waals surface area contributed by atoms with Crippen molar-refractivity contribution in [2.45, 2.75) is 24.6 Å². The molecule has 0 spiro atoms. The van der Waals surface area contributed by atoms with E-state index in [4.69, 9.17) is 11.6 Å². The average Bonchev–Trinajstić information content (AvgIpc) is 2.35. The van der Waals surface area contributed by atoms with Crippen molar-refractivity contribution in [1.82, 2.24) is 15.0 Å². The van der Waals surface area contributed by atoms with Crippen LogP contribution in [0.4, 0.5) is 0 Å². The first kappa shape index (κ1) is 14.7. The number of carboxylic acid groups (broad SMARTS) is 1. The number of nitrogens with zero attached hydrogens (tertiary/aromatic N) is 3. The van der Waals surface area contributed by atoms with Crippen LogP contribution in [0.25, 0.3) is 0 Å². The van der Waals surface area contributed by atoms with Gasteiger partial charge in [-0.15, -0.1) is 0 Å². The number of hydrogen-bond acceptors (Lipinski definition) is 5. The molecule has 0 unspecified atom stereocenters. The Labute approximate surface area is 125 Å². The van der Waals surface area contributed by atoms with Crippen molar-refractivity contribution in [3.8, 4) is 0 Å². The molecule has 2 heterocycles. The summed E-state index contributed by atoms with van der Waals surface area (Å²) in [6.45, 7) is 3.40. The lowest BCUT2D eigenvalue weighted by Gasteiger charge is -2.08. The predicted octanol–water partition coefficient (Wildman–Crippen LogP) is 3.13. The van der Waals surface area contributed by atoms with Crippen molar-refractivity contribution in [2.75, 3.05) is 0 Å². The normalized spacial score (nSPS) is 10.6. The van der Waals surface area contributed by atoms with Gasteiger partial charge in [0.15, 0.2) is 0 Å². The molecule has 2 aromatic rings. The molecule has 0 radical (unpaired) electrons. The monoisotopic (exact) mass is 309 g/mol. The van der Waals surface area contributed by atoms with Crippen LogP contribution >= 0.6 is 23.4 Å². The Morgan fingerprint density at radius 2 is 2.05 bits per heavy atom. The van der Waals surface area contributed by atoms with E-state index >= 15 is 0 Å². The molecule has 0 aliphatic carbocycles. The fourth-order valence-corrected chi connectivity index (χ4v) is 2.91. The first-order valence-electron chi connectivity index (χ1n) is 5.80. The Kier molecular flexibility index (Phi) is 4.57.